The van der Waals surface area contributed by atoms with Crippen LogP contribution in [-0.4, -0.2) is 16.0 Å². The molecule has 6 heteroatoms. The standard InChI is InChI=1S/C25H22BrN3O2/c1-25(2,3)19-11-7-17(8-12-19)24-28-22(29-31-24)16-9-13-21(14-10-16)27-23(30)18-5-4-6-20(26)15-18/h4-15H,1-3H3,(H,27,30). The summed E-state index contributed by atoms with van der Waals surface area (Å²) in [6.45, 7) is 6.53. The third-order valence-electron chi connectivity index (χ3n) is 4.91. The van der Waals surface area contributed by atoms with E-state index in [0.717, 1.165) is 15.6 Å². The fraction of sp³-hybridized carbons (Fsp3) is 0.160. The van der Waals surface area contributed by atoms with Crippen LogP contribution >= 0.6 is 15.9 Å². The van der Waals surface area contributed by atoms with E-state index in [0.29, 0.717) is 23.0 Å². The molecule has 0 aliphatic heterocycles. The lowest BCUT2D eigenvalue weighted by Crippen LogP contribution is -2.11. The third-order valence-corrected chi connectivity index (χ3v) is 5.40. The molecular formula is C25H22BrN3O2. The van der Waals surface area contributed by atoms with Gasteiger partial charge in [0.15, 0.2) is 0 Å². The molecule has 5 nitrogen and oxygen atoms in total. The molecule has 3 aromatic carbocycles. The maximum atomic E-state index is 12.4. The van der Waals surface area contributed by atoms with E-state index < -0.39 is 0 Å². The van der Waals surface area contributed by atoms with Gasteiger partial charge in [-0.25, -0.2) is 0 Å². The summed E-state index contributed by atoms with van der Waals surface area (Å²) in [4.78, 5) is 16.9. The monoisotopic (exact) mass is 475 g/mol. The molecule has 4 aromatic rings. The molecule has 1 amide bonds. The number of halogens is 1. The number of hydrogen-bond acceptors (Lipinski definition) is 4. The van der Waals surface area contributed by atoms with Crippen molar-refractivity contribution >= 4 is 27.5 Å². The lowest BCUT2D eigenvalue weighted by molar-refractivity contribution is 0.102. The van der Waals surface area contributed by atoms with Crippen molar-refractivity contribution in [1.29, 1.82) is 0 Å². The van der Waals surface area contributed by atoms with Gasteiger partial charge >= 0.3 is 0 Å². The number of hydrogen-bond donors (Lipinski definition) is 1. The Kier molecular flexibility index (Phi) is 5.74. The van der Waals surface area contributed by atoms with Crippen molar-refractivity contribution in [1.82, 2.24) is 10.1 Å². The van der Waals surface area contributed by atoms with Crippen molar-refractivity contribution in [2.75, 3.05) is 5.32 Å². The van der Waals surface area contributed by atoms with Gasteiger partial charge in [0.1, 0.15) is 0 Å². The number of anilines is 1. The molecule has 0 unspecified atom stereocenters. The first-order valence-electron chi connectivity index (χ1n) is 9.91. The maximum absolute atomic E-state index is 12.4. The molecule has 156 valence electrons. The summed E-state index contributed by atoms with van der Waals surface area (Å²) >= 11 is 3.38. The summed E-state index contributed by atoms with van der Waals surface area (Å²) in [5, 5.41) is 6.99. The molecule has 0 fully saturated rings. The zero-order valence-corrected chi connectivity index (χ0v) is 19.1. The average molecular weight is 476 g/mol. The Labute approximate surface area is 189 Å². The number of nitrogens with zero attached hydrogens (tertiary/aromatic N) is 2. The van der Waals surface area contributed by atoms with Crippen LogP contribution in [0.25, 0.3) is 22.8 Å². The third kappa shape index (κ3) is 4.91. The SMILES string of the molecule is CC(C)(C)c1ccc(-c2nc(-c3ccc(NC(=O)c4cccc(Br)c4)cc3)no2)cc1. The number of benzene rings is 3. The van der Waals surface area contributed by atoms with Crippen molar-refractivity contribution in [3.8, 4) is 22.8 Å². The van der Waals surface area contributed by atoms with Crippen LogP contribution < -0.4 is 5.32 Å². The highest BCUT2D eigenvalue weighted by Gasteiger charge is 2.15. The summed E-state index contributed by atoms with van der Waals surface area (Å²) in [7, 11) is 0. The van der Waals surface area contributed by atoms with Crippen LogP contribution in [0.15, 0.2) is 81.8 Å². The van der Waals surface area contributed by atoms with E-state index >= 15 is 0 Å². The van der Waals surface area contributed by atoms with Crippen LogP contribution in [0.2, 0.25) is 0 Å². The van der Waals surface area contributed by atoms with Crippen LogP contribution in [-0.2, 0) is 5.41 Å². The second-order valence-corrected chi connectivity index (χ2v) is 9.21. The fourth-order valence-corrected chi connectivity index (χ4v) is 3.51. The first-order valence-corrected chi connectivity index (χ1v) is 10.7. The molecule has 0 bridgehead atoms. The first kappa shape index (κ1) is 21.0. The largest absolute Gasteiger partial charge is 0.334 e. The van der Waals surface area contributed by atoms with E-state index in [9.17, 15) is 4.79 Å². The predicted octanol–water partition coefficient (Wildman–Crippen LogP) is 6.72. The van der Waals surface area contributed by atoms with E-state index in [4.69, 9.17) is 4.52 Å². The van der Waals surface area contributed by atoms with E-state index in [1.54, 1.807) is 12.1 Å². The van der Waals surface area contributed by atoms with Crippen LogP contribution in [0.3, 0.4) is 0 Å². The van der Waals surface area contributed by atoms with Gasteiger partial charge in [-0.1, -0.05) is 60.1 Å². The van der Waals surface area contributed by atoms with Crippen molar-refractivity contribution in [2.45, 2.75) is 26.2 Å². The van der Waals surface area contributed by atoms with E-state index in [1.807, 2.05) is 48.5 Å². The van der Waals surface area contributed by atoms with Crippen molar-refractivity contribution in [3.05, 3.63) is 88.4 Å². The van der Waals surface area contributed by atoms with Crippen LogP contribution in [0.4, 0.5) is 5.69 Å². The Bertz CT molecular complexity index is 1210. The summed E-state index contributed by atoms with van der Waals surface area (Å²) in [5.74, 6) is 0.803. The Morgan fingerprint density at radius 3 is 2.26 bits per heavy atom. The van der Waals surface area contributed by atoms with E-state index in [1.165, 1.54) is 5.56 Å². The molecule has 1 aromatic heterocycles. The van der Waals surface area contributed by atoms with Crippen molar-refractivity contribution in [2.24, 2.45) is 0 Å². The number of carbonyl (C=O) groups excluding carboxylic acids is 1. The Morgan fingerprint density at radius 1 is 0.935 bits per heavy atom. The number of carbonyl (C=O) groups is 1. The van der Waals surface area contributed by atoms with Gasteiger partial charge in [0.25, 0.3) is 11.8 Å². The van der Waals surface area contributed by atoms with Gasteiger partial charge in [0.05, 0.1) is 0 Å². The Morgan fingerprint density at radius 2 is 1.61 bits per heavy atom. The molecule has 4 rings (SSSR count). The zero-order valence-electron chi connectivity index (χ0n) is 17.5. The molecule has 0 radical (unpaired) electrons. The lowest BCUT2D eigenvalue weighted by atomic mass is 9.87. The molecule has 0 saturated heterocycles. The minimum atomic E-state index is -0.172. The van der Waals surface area contributed by atoms with Gasteiger partial charge in [0, 0.05) is 26.9 Å². The first-order chi connectivity index (χ1) is 14.8. The molecule has 0 aliphatic carbocycles. The van der Waals surface area contributed by atoms with Gasteiger partial charge in [-0.3, -0.25) is 4.79 Å². The topological polar surface area (TPSA) is 68.0 Å². The summed E-state index contributed by atoms with van der Waals surface area (Å²) in [6, 6.07) is 22.8. The van der Waals surface area contributed by atoms with Gasteiger partial charge < -0.3 is 9.84 Å². The quantitative estimate of drug-likeness (QED) is 0.355. The summed E-state index contributed by atoms with van der Waals surface area (Å²) < 4.78 is 6.32. The predicted molar refractivity (Wildman–Crippen MR) is 126 cm³/mol. The molecular weight excluding hydrogens is 454 g/mol. The minimum Gasteiger partial charge on any atom is -0.334 e. The molecule has 0 spiro atoms. The molecule has 1 N–H and O–H groups in total. The highest BCUT2D eigenvalue weighted by molar-refractivity contribution is 9.10. The average Bonchev–Trinajstić information content (AvgIpc) is 3.24. The summed E-state index contributed by atoms with van der Waals surface area (Å²) in [5.41, 5.74) is 4.30. The van der Waals surface area contributed by atoms with Gasteiger partial charge in [-0.05, 0) is 65.6 Å². The van der Waals surface area contributed by atoms with Crippen LogP contribution in [0.1, 0.15) is 36.7 Å². The van der Waals surface area contributed by atoms with E-state index in [2.05, 4.69) is 64.3 Å². The summed E-state index contributed by atoms with van der Waals surface area (Å²) in [6.07, 6.45) is 0. The normalized spacial score (nSPS) is 11.4. The minimum absolute atomic E-state index is 0.0900. The van der Waals surface area contributed by atoms with Crippen molar-refractivity contribution < 1.29 is 9.32 Å². The van der Waals surface area contributed by atoms with Crippen LogP contribution in [0.5, 0.6) is 0 Å². The fourth-order valence-electron chi connectivity index (χ4n) is 3.11. The van der Waals surface area contributed by atoms with Gasteiger partial charge in [-0.2, -0.15) is 4.98 Å². The molecule has 0 saturated carbocycles. The second kappa shape index (κ2) is 8.47. The Balaban J connectivity index is 1.47. The number of nitrogens with one attached hydrogen (secondary N) is 1. The van der Waals surface area contributed by atoms with Crippen LogP contribution in [0, 0.1) is 0 Å². The van der Waals surface area contributed by atoms with Crippen molar-refractivity contribution in [3.63, 3.8) is 0 Å². The number of amides is 1. The smallest absolute Gasteiger partial charge is 0.258 e. The molecule has 31 heavy (non-hydrogen) atoms. The number of rotatable bonds is 4. The zero-order chi connectivity index (χ0) is 22.0. The highest BCUT2D eigenvalue weighted by Crippen LogP contribution is 2.27. The highest BCUT2D eigenvalue weighted by atomic mass is 79.9. The maximum Gasteiger partial charge on any atom is 0.258 e. The lowest BCUT2D eigenvalue weighted by Gasteiger charge is -2.18. The molecule has 1 heterocycles. The molecule has 0 aliphatic rings. The molecule has 0 atom stereocenters. The van der Waals surface area contributed by atoms with Gasteiger partial charge in [-0.15, -0.1) is 0 Å². The van der Waals surface area contributed by atoms with Gasteiger partial charge in [0.2, 0.25) is 5.82 Å². The van der Waals surface area contributed by atoms with E-state index in [-0.39, 0.29) is 11.3 Å². The number of aromatic nitrogens is 2. The second-order valence-electron chi connectivity index (χ2n) is 8.29. The Hall–Kier alpha value is -3.25.